The van der Waals surface area contributed by atoms with Crippen LogP contribution in [-0.4, -0.2) is 64.3 Å². The quantitative estimate of drug-likeness (QED) is 0.407. The predicted octanol–water partition coefficient (Wildman–Crippen LogP) is 1.82. The van der Waals surface area contributed by atoms with Crippen molar-refractivity contribution in [3.63, 3.8) is 0 Å². The van der Waals surface area contributed by atoms with Gasteiger partial charge in [0.25, 0.3) is 0 Å². The first-order valence-electron chi connectivity index (χ1n) is 9.61. The predicted molar refractivity (Wildman–Crippen MR) is 113 cm³/mol. The van der Waals surface area contributed by atoms with Crippen molar-refractivity contribution in [1.82, 2.24) is 0 Å². The van der Waals surface area contributed by atoms with Crippen molar-refractivity contribution >= 4 is 17.3 Å². The van der Waals surface area contributed by atoms with E-state index in [1.54, 1.807) is 18.2 Å². The summed E-state index contributed by atoms with van der Waals surface area (Å²) in [5.74, 6) is 0. The number of rotatable bonds is 6. The third-order valence-electron chi connectivity index (χ3n) is 5.29. The Kier molecular flexibility index (Phi) is 7.46. The van der Waals surface area contributed by atoms with Crippen molar-refractivity contribution in [2.24, 2.45) is 5.16 Å². The molecule has 2 aromatic carbocycles. The summed E-state index contributed by atoms with van der Waals surface area (Å²) in [6, 6.07) is 13.1. The molecule has 0 aromatic heterocycles. The Morgan fingerprint density at radius 2 is 1.77 bits per heavy atom. The summed E-state index contributed by atoms with van der Waals surface area (Å²) in [4.78, 5) is 4.80. The van der Waals surface area contributed by atoms with E-state index in [0.717, 1.165) is 22.4 Å². The van der Waals surface area contributed by atoms with Gasteiger partial charge in [-0.3, -0.25) is 0 Å². The van der Waals surface area contributed by atoms with Gasteiger partial charge in [0.15, 0.2) is 0 Å². The van der Waals surface area contributed by atoms with Gasteiger partial charge in [-0.1, -0.05) is 53.2 Å². The molecular weight excluding hydrogens is 410 g/mol. The van der Waals surface area contributed by atoms with Crippen molar-refractivity contribution in [3.8, 4) is 0 Å². The highest BCUT2D eigenvalue weighted by Gasteiger charge is 2.44. The standard InChI is InChI=1S/C22H26ClNO6/c1-12(24-29-2)14-5-3-13(4-6-14)9-16-10-15(7-8-17(16)23)22-21(28)20(27)19(26)18(11-25)30-22/h3-8,10,18-22,25-28H,9,11H2,1-2H3/b24-12+/t18-,19-,20+,21-,22+/m1/s1. The summed E-state index contributed by atoms with van der Waals surface area (Å²) in [5, 5.41) is 44.3. The smallest absolute Gasteiger partial charge is 0.113 e. The van der Waals surface area contributed by atoms with E-state index >= 15 is 0 Å². The summed E-state index contributed by atoms with van der Waals surface area (Å²) in [5.41, 5.74) is 4.16. The van der Waals surface area contributed by atoms with Crippen LogP contribution in [-0.2, 0) is 16.0 Å². The van der Waals surface area contributed by atoms with E-state index in [1.165, 1.54) is 7.11 Å². The molecule has 1 aliphatic heterocycles. The lowest BCUT2D eigenvalue weighted by atomic mass is 9.90. The SMILES string of the molecule is CO/N=C(\C)c1ccc(Cc2cc([C@@H]3O[C@H](CO)[C@@H](O)[C@H](O)[C@H]3O)ccc2Cl)cc1. The van der Waals surface area contributed by atoms with Crippen LogP contribution >= 0.6 is 11.6 Å². The first-order chi connectivity index (χ1) is 14.3. The van der Waals surface area contributed by atoms with Gasteiger partial charge in [-0.15, -0.1) is 0 Å². The molecule has 162 valence electrons. The number of benzene rings is 2. The lowest BCUT2D eigenvalue weighted by Gasteiger charge is -2.40. The van der Waals surface area contributed by atoms with Gasteiger partial charge in [0, 0.05) is 5.02 Å². The molecule has 0 unspecified atom stereocenters. The van der Waals surface area contributed by atoms with E-state index in [9.17, 15) is 20.4 Å². The molecular formula is C22H26ClNO6. The summed E-state index contributed by atoms with van der Waals surface area (Å²) >= 11 is 6.38. The van der Waals surface area contributed by atoms with Crippen molar-refractivity contribution in [3.05, 3.63) is 69.7 Å². The van der Waals surface area contributed by atoms with Gasteiger partial charge < -0.3 is 30.0 Å². The Hall–Kier alpha value is -2.00. The Morgan fingerprint density at radius 1 is 1.07 bits per heavy atom. The highest BCUT2D eigenvalue weighted by molar-refractivity contribution is 6.31. The highest BCUT2D eigenvalue weighted by Crippen LogP contribution is 2.34. The van der Waals surface area contributed by atoms with Crippen LogP contribution in [0.25, 0.3) is 0 Å². The van der Waals surface area contributed by atoms with Crippen LogP contribution in [0.15, 0.2) is 47.6 Å². The van der Waals surface area contributed by atoms with E-state index in [4.69, 9.17) is 21.2 Å². The molecule has 8 heteroatoms. The van der Waals surface area contributed by atoms with Crippen molar-refractivity contribution in [1.29, 1.82) is 0 Å². The summed E-state index contributed by atoms with van der Waals surface area (Å²) < 4.78 is 5.65. The van der Waals surface area contributed by atoms with Gasteiger partial charge in [-0.05, 0) is 41.7 Å². The first-order valence-corrected chi connectivity index (χ1v) is 9.99. The molecule has 1 saturated heterocycles. The second-order valence-corrected chi connectivity index (χ2v) is 7.74. The van der Waals surface area contributed by atoms with Gasteiger partial charge in [0.2, 0.25) is 0 Å². The van der Waals surface area contributed by atoms with E-state index in [0.29, 0.717) is 17.0 Å². The van der Waals surface area contributed by atoms with Gasteiger partial charge in [0.05, 0.1) is 12.3 Å². The van der Waals surface area contributed by atoms with Crippen LogP contribution in [0.1, 0.15) is 35.3 Å². The minimum Gasteiger partial charge on any atom is -0.399 e. The van der Waals surface area contributed by atoms with Gasteiger partial charge in [0.1, 0.15) is 37.6 Å². The number of nitrogens with zero attached hydrogens (tertiary/aromatic N) is 1. The molecule has 4 N–H and O–H groups in total. The number of aliphatic hydroxyl groups is 4. The molecule has 0 bridgehead atoms. The summed E-state index contributed by atoms with van der Waals surface area (Å²) in [7, 11) is 1.50. The molecule has 1 heterocycles. The topological polar surface area (TPSA) is 112 Å². The molecule has 0 spiro atoms. The molecule has 5 atom stereocenters. The Labute approximate surface area is 180 Å². The van der Waals surface area contributed by atoms with Gasteiger partial charge in [-0.2, -0.15) is 0 Å². The van der Waals surface area contributed by atoms with E-state index in [-0.39, 0.29) is 0 Å². The number of halogens is 1. The highest BCUT2D eigenvalue weighted by atomic mass is 35.5. The third kappa shape index (κ3) is 4.83. The Balaban J connectivity index is 1.82. The van der Waals surface area contributed by atoms with Crippen LogP contribution in [0.5, 0.6) is 0 Å². The summed E-state index contributed by atoms with van der Waals surface area (Å²) in [6.07, 6.45) is -5.46. The second-order valence-electron chi connectivity index (χ2n) is 7.33. The number of oxime groups is 1. The minimum atomic E-state index is -1.43. The molecule has 1 aliphatic rings. The number of hydrogen-bond donors (Lipinski definition) is 4. The number of hydrogen-bond acceptors (Lipinski definition) is 7. The largest absolute Gasteiger partial charge is 0.399 e. The minimum absolute atomic E-state index is 0.472. The third-order valence-corrected chi connectivity index (χ3v) is 5.65. The summed E-state index contributed by atoms with van der Waals surface area (Å²) in [6.45, 7) is 1.39. The molecule has 0 amide bonds. The van der Waals surface area contributed by atoms with Crippen LogP contribution < -0.4 is 0 Å². The van der Waals surface area contributed by atoms with Gasteiger partial charge >= 0.3 is 0 Å². The fraction of sp³-hybridized carbons (Fsp3) is 0.409. The van der Waals surface area contributed by atoms with E-state index in [1.807, 2.05) is 31.2 Å². The molecule has 1 fully saturated rings. The van der Waals surface area contributed by atoms with Crippen molar-refractivity contribution < 1.29 is 30.0 Å². The van der Waals surface area contributed by atoms with Gasteiger partial charge in [-0.25, -0.2) is 0 Å². The van der Waals surface area contributed by atoms with Crippen molar-refractivity contribution in [2.45, 2.75) is 43.9 Å². The zero-order valence-corrected chi connectivity index (χ0v) is 17.5. The molecule has 2 aromatic rings. The molecule has 3 rings (SSSR count). The van der Waals surface area contributed by atoms with Crippen molar-refractivity contribution in [2.75, 3.05) is 13.7 Å². The zero-order valence-electron chi connectivity index (χ0n) is 16.8. The fourth-order valence-electron chi connectivity index (χ4n) is 3.56. The number of ether oxygens (including phenoxy) is 1. The molecule has 0 aliphatic carbocycles. The van der Waals surface area contributed by atoms with Crippen LogP contribution in [0.4, 0.5) is 0 Å². The maximum Gasteiger partial charge on any atom is 0.113 e. The number of aliphatic hydroxyl groups excluding tert-OH is 4. The Morgan fingerprint density at radius 3 is 2.40 bits per heavy atom. The monoisotopic (exact) mass is 435 g/mol. The van der Waals surface area contributed by atoms with E-state index in [2.05, 4.69) is 5.16 Å². The average Bonchev–Trinajstić information content (AvgIpc) is 2.75. The van der Waals surface area contributed by atoms with Crippen LogP contribution in [0.3, 0.4) is 0 Å². The molecule has 0 saturated carbocycles. The lowest BCUT2D eigenvalue weighted by Crippen LogP contribution is -2.55. The maximum absolute atomic E-state index is 10.4. The molecule has 7 nitrogen and oxygen atoms in total. The van der Waals surface area contributed by atoms with E-state index < -0.39 is 37.1 Å². The van der Waals surface area contributed by atoms with Crippen LogP contribution in [0.2, 0.25) is 5.02 Å². The molecule has 30 heavy (non-hydrogen) atoms. The average molecular weight is 436 g/mol. The lowest BCUT2D eigenvalue weighted by molar-refractivity contribution is -0.231. The Bertz CT molecular complexity index is 886. The zero-order chi connectivity index (χ0) is 21.8. The normalized spacial score (nSPS) is 27.2. The second kappa shape index (κ2) is 9.87. The molecule has 0 radical (unpaired) electrons. The first kappa shape index (κ1) is 22.7. The maximum atomic E-state index is 10.4. The van der Waals surface area contributed by atoms with Crippen LogP contribution in [0, 0.1) is 0 Å². The fourth-order valence-corrected chi connectivity index (χ4v) is 3.74.